The van der Waals surface area contributed by atoms with Crippen LogP contribution in [-0.2, 0) is 0 Å². The zero-order chi connectivity index (χ0) is 25.4. The number of benzene rings is 3. The molecule has 38 heavy (non-hydrogen) atoms. The SMILES string of the molecule is COc1cccc2sc(N3CCN(CCNC(=O)c4cc5c(ccc6ccccc65)oc4=O)CC3)nc12.Cl. The summed E-state index contributed by atoms with van der Waals surface area (Å²) in [5.41, 5.74) is 0.785. The van der Waals surface area contributed by atoms with Crippen LogP contribution in [0.3, 0.4) is 0 Å². The molecule has 8 nitrogen and oxygen atoms in total. The van der Waals surface area contributed by atoms with Crippen LogP contribution in [0.5, 0.6) is 5.75 Å². The van der Waals surface area contributed by atoms with Crippen LogP contribution in [0.1, 0.15) is 10.4 Å². The van der Waals surface area contributed by atoms with Gasteiger partial charge in [-0.05, 0) is 35.0 Å². The Balaban J connectivity index is 0.00000294. The van der Waals surface area contributed by atoms with Gasteiger partial charge in [-0.15, -0.1) is 12.4 Å². The molecular weight excluding hydrogens is 524 g/mol. The van der Waals surface area contributed by atoms with Gasteiger partial charge in [0.2, 0.25) is 0 Å². The predicted molar refractivity (Wildman–Crippen MR) is 154 cm³/mol. The van der Waals surface area contributed by atoms with Gasteiger partial charge in [-0.1, -0.05) is 47.7 Å². The van der Waals surface area contributed by atoms with E-state index in [9.17, 15) is 9.59 Å². The van der Waals surface area contributed by atoms with Crippen LogP contribution in [-0.4, -0.2) is 62.2 Å². The van der Waals surface area contributed by atoms with E-state index in [4.69, 9.17) is 14.1 Å². The molecule has 1 N–H and O–H groups in total. The van der Waals surface area contributed by atoms with Gasteiger partial charge in [-0.3, -0.25) is 9.69 Å². The van der Waals surface area contributed by atoms with Crippen molar-refractivity contribution in [1.82, 2.24) is 15.2 Å². The summed E-state index contributed by atoms with van der Waals surface area (Å²) in [7, 11) is 1.67. The number of hydrogen-bond donors (Lipinski definition) is 1. The first-order chi connectivity index (χ1) is 18.1. The molecule has 1 amide bonds. The number of hydrogen-bond acceptors (Lipinski definition) is 8. The highest BCUT2D eigenvalue weighted by molar-refractivity contribution is 7.22. The van der Waals surface area contributed by atoms with E-state index >= 15 is 0 Å². The number of amides is 1. The Morgan fingerprint density at radius 1 is 1.05 bits per heavy atom. The van der Waals surface area contributed by atoms with E-state index in [1.807, 2.05) is 42.5 Å². The first kappa shape index (κ1) is 26.0. The minimum absolute atomic E-state index is 0. The Morgan fingerprint density at radius 3 is 2.68 bits per heavy atom. The number of carbonyl (C=O) groups excluding carboxylic acids is 1. The number of rotatable bonds is 6. The molecule has 3 heterocycles. The lowest BCUT2D eigenvalue weighted by Crippen LogP contribution is -2.48. The molecule has 0 aliphatic carbocycles. The maximum absolute atomic E-state index is 12.8. The molecular formula is C28H27ClN4O4S. The Hall–Kier alpha value is -3.66. The molecule has 5 aromatic rings. The maximum atomic E-state index is 12.8. The smallest absolute Gasteiger partial charge is 0.349 e. The lowest BCUT2D eigenvalue weighted by Gasteiger charge is -2.34. The molecule has 3 aromatic carbocycles. The van der Waals surface area contributed by atoms with Crippen LogP contribution < -0.4 is 20.6 Å². The standard InChI is InChI=1S/C28H26N4O4S.ClH/c1-35-23-7-4-8-24-25(23)30-28(37-24)32-15-13-31(14-16-32)12-11-29-26(33)21-17-20-19-6-3-2-5-18(19)9-10-22(20)36-27(21)34;/h2-10,17H,11-16H2,1H3,(H,29,33);1H. The summed E-state index contributed by atoms with van der Waals surface area (Å²) in [5.74, 6) is 0.383. The summed E-state index contributed by atoms with van der Waals surface area (Å²) >= 11 is 1.68. The van der Waals surface area contributed by atoms with Crippen LogP contribution in [0.25, 0.3) is 32.0 Å². The highest BCUT2D eigenvalue weighted by Crippen LogP contribution is 2.34. The Labute approximate surface area is 229 Å². The molecule has 1 aliphatic rings. The summed E-state index contributed by atoms with van der Waals surface area (Å²) < 4.78 is 12.0. The van der Waals surface area contributed by atoms with Crippen LogP contribution in [0, 0.1) is 0 Å². The number of thiazole rings is 1. The molecule has 0 unspecified atom stereocenters. The van der Waals surface area contributed by atoms with Crippen molar-refractivity contribution in [1.29, 1.82) is 0 Å². The summed E-state index contributed by atoms with van der Waals surface area (Å²) in [6.07, 6.45) is 0. The van der Waals surface area contributed by atoms with Gasteiger partial charge in [-0.25, -0.2) is 9.78 Å². The predicted octanol–water partition coefficient (Wildman–Crippen LogP) is 4.54. The second-order valence-electron chi connectivity index (χ2n) is 9.03. The normalized spacial score (nSPS) is 14.1. The van der Waals surface area contributed by atoms with E-state index in [2.05, 4.69) is 21.2 Å². The van der Waals surface area contributed by atoms with Crippen LogP contribution in [0.15, 0.2) is 69.9 Å². The minimum atomic E-state index is -0.624. The number of ether oxygens (including phenoxy) is 1. The fourth-order valence-electron chi connectivity index (χ4n) is 4.83. The van der Waals surface area contributed by atoms with Gasteiger partial charge in [0.1, 0.15) is 22.4 Å². The molecule has 1 saturated heterocycles. The second-order valence-corrected chi connectivity index (χ2v) is 10.0. The average Bonchev–Trinajstić information content (AvgIpc) is 3.37. The van der Waals surface area contributed by atoms with Crippen LogP contribution in [0.4, 0.5) is 5.13 Å². The number of anilines is 1. The van der Waals surface area contributed by atoms with Gasteiger partial charge in [0.25, 0.3) is 5.91 Å². The van der Waals surface area contributed by atoms with Crippen LogP contribution in [0.2, 0.25) is 0 Å². The maximum Gasteiger partial charge on any atom is 0.349 e. The largest absolute Gasteiger partial charge is 0.494 e. The number of para-hydroxylation sites is 1. The molecule has 1 aliphatic heterocycles. The Bertz CT molecular complexity index is 1680. The molecule has 196 valence electrons. The van der Waals surface area contributed by atoms with Gasteiger partial charge < -0.3 is 19.4 Å². The van der Waals surface area contributed by atoms with Crippen molar-refractivity contribution in [3.63, 3.8) is 0 Å². The van der Waals surface area contributed by atoms with Crippen LogP contribution >= 0.6 is 23.7 Å². The van der Waals surface area contributed by atoms with Crippen molar-refractivity contribution in [3.8, 4) is 5.75 Å². The second kappa shape index (κ2) is 11.0. The monoisotopic (exact) mass is 550 g/mol. The fraction of sp³-hybridized carbons (Fsp3) is 0.250. The van der Waals surface area contributed by atoms with E-state index in [0.29, 0.717) is 18.7 Å². The number of nitrogens with one attached hydrogen (secondary N) is 1. The van der Waals surface area contributed by atoms with Crippen molar-refractivity contribution >= 4 is 66.7 Å². The van der Waals surface area contributed by atoms with Gasteiger partial charge in [0.15, 0.2) is 5.13 Å². The molecule has 6 rings (SSSR count). The van der Waals surface area contributed by atoms with Crippen molar-refractivity contribution in [3.05, 3.63) is 76.6 Å². The number of methoxy groups -OCH3 is 1. The summed E-state index contributed by atoms with van der Waals surface area (Å²) in [6, 6.07) is 19.1. The molecule has 0 atom stereocenters. The topological polar surface area (TPSA) is 87.9 Å². The van der Waals surface area contributed by atoms with Crippen molar-refractivity contribution in [2.75, 3.05) is 51.3 Å². The van der Waals surface area contributed by atoms with Crippen molar-refractivity contribution < 1.29 is 13.9 Å². The van der Waals surface area contributed by atoms with Crippen molar-refractivity contribution in [2.45, 2.75) is 0 Å². The third-order valence-electron chi connectivity index (χ3n) is 6.83. The molecule has 2 aromatic heterocycles. The van der Waals surface area contributed by atoms with E-state index in [1.165, 1.54) is 0 Å². The Kier molecular flexibility index (Phi) is 7.51. The first-order valence-corrected chi connectivity index (χ1v) is 13.1. The summed E-state index contributed by atoms with van der Waals surface area (Å²) in [6.45, 7) is 4.61. The number of halogens is 1. The van der Waals surface area contributed by atoms with E-state index in [1.54, 1.807) is 30.6 Å². The third kappa shape index (κ3) is 4.92. The van der Waals surface area contributed by atoms with Gasteiger partial charge in [-0.2, -0.15) is 0 Å². The molecule has 10 heteroatoms. The third-order valence-corrected chi connectivity index (χ3v) is 7.91. The van der Waals surface area contributed by atoms with E-state index in [-0.39, 0.29) is 18.0 Å². The summed E-state index contributed by atoms with van der Waals surface area (Å²) in [4.78, 5) is 34.7. The van der Waals surface area contributed by atoms with Gasteiger partial charge in [0, 0.05) is 44.7 Å². The highest BCUT2D eigenvalue weighted by atomic mass is 35.5. The number of aromatic nitrogens is 1. The zero-order valence-electron chi connectivity index (χ0n) is 20.8. The lowest BCUT2D eigenvalue weighted by molar-refractivity contribution is 0.0944. The highest BCUT2D eigenvalue weighted by Gasteiger charge is 2.21. The average molecular weight is 551 g/mol. The fourth-order valence-corrected chi connectivity index (χ4v) is 5.86. The summed E-state index contributed by atoms with van der Waals surface area (Å²) in [5, 5.41) is 6.63. The number of nitrogens with zero attached hydrogens (tertiary/aromatic N) is 3. The molecule has 0 saturated carbocycles. The molecule has 1 fully saturated rings. The molecule has 0 radical (unpaired) electrons. The zero-order valence-corrected chi connectivity index (χ0v) is 22.4. The number of piperazine rings is 1. The van der Waals surface area contributed by atoms with E-state index < -0.39 is 11.5 Å². The van der Waals surface area contributed by atoms with Gasteiger partial charge >= 0.3 is 5.63 Å². The number of fused-ring (bicyclic) bond motifs is 4. The minimum Gasteiger partial charge on any atom is -0.494 e. The first-order valence-electron chi connectivity index (χ1n) is 12.3. The van der Waals surface area contributed by atoms with E-state index in [0.717, 1.165) is 63.4 Å². The molecule has 0 spiro atoms. The lowest BCUT2D eigenvalue weighted by atomic mass is 10.0. The molecule has 0 bridgehead atoms. The van der Waals surface area contributed by atoms with Crippen molar-refractivity contribution in [2.24, 2.45) is 0 Å². The number of carbonyl (C=O) groups is 1. The quantitative estimate of drug-likeness (QED) is 0.245. The van der Waals surface area contributed by atoms with Gasteiger partial charge in [0.05, 0.1) is 11.8 Å². The Morgan fingerprint density at radius 2 is 1.87 bits per heavy atom.